The van der Waals surface area contributed by atoms with Crippen molar-refractivity contribution in [2.45, 2.75) is 39.4 Å². The van der Waals surface area contributed by atoms with E-state index in [0.29, 0.717) is 18.5 Å². The fourth-order valence-electron chi connectivity index (χ4n) is 4.00. The van der Waals surface area contributed by atoms with Crippen molar-refractivity contribution >= 4 is 28.7 Å². The van der Waals surface area contributed by atoms with E-state index in [-0.39, 0.29) is 24.9 Å². The lowest BCUT2D eigenvalue weighted by atomic mass is 10.0. The molecule has 8 nitrogen and oxygen atoms in total. The van der Waals surface area contributed by atoms with Gasteiger partial charge in [0, 0.05) is 37.1 Å². The standard InChI is InChI=1S/C22H28F2N8/c1-13(2)26-17-4-5-18(27-14(17)3)15-6-10-32-20(15)21(25)29-22(30-32)28-19-7-9-31(11-8-23)12-16(19)24/h4-6,10,16,19H,7-9,11-12H2,1-3H3,(H3,25,28,29,30). The van der Waals surface area contributed by atoms with E-state index in [1.54, 1.807) is 15.6 Å². The van der Waals surface area contributed by atoms with Crippen LogP contribution < -0.4 is 11.1 Å². The topological polar surface area (TPSA) is 96.7 Å². The summed E-state index contributed by atoms with van der Waals surface area (Å²) in [4.78, 5) is 15.3. The molecule has 170 valence electrons. The number of pyridine rings is 1. The van der Waals surface area contributed by atoms with Crippen LogP contribution in [0.4, 0.5) is 26.2 Å². The van der Waals surface area contributed by atoms with Crippen LogP contribution in [0.15, 0.2) is 29.4 Å². The van der Waals surface area contributed by atoms with E-state index >= 15 is 0 Å². The van der Waals surface area contributed by atoms with Gasteiger partial charge in [-0.15, -0.1) is 5.10 Å². The first-order valence-corrected chi connectivity index (χ1v) is 10.7. The number of aryl methyl sites for hydroxylation is 1. The third-order valence-corrected chi connectivity index (χ3v) is 5.56. The third kappa shape index (κ3) is 4.55. The highest BCUT2D eigenvalue weighted by atomic mass is 19.1. The highest BCUT2D eigenvalue weighted by Gasteiger charge is 2.29. The minimum Gasteiger partial charge on any atom is -0.382 e. The highest BCUT2D eigenvalue weighted by molar-refractivity contribution is 5.87. The predicted octanol–water partition coefficient (Wildman–Crippen LogP) is 3.59. The van der Waals surface area contributed by atoms with Crippen LogP contribution >= 0.6 is 0 Å². The number of halogens is 2. The van der Waals surface area contributed by atoms with Gasteiger partial charge < -0.3 is 11.1 Å². The average Bonchev–Trinajstić information content (AvgIpc) is 3.16. The molecule has 0 aromatic carbocycles. The van der Waals surface area contributed by atoms with Crippen LogP contribution in [-0.2, 0) is 0 Å². The second-order valence-corrected chi connectivity index (χ2v) is 8.25. The Bertz CT molecular complexity index is 1140. The molecule has 10 heteroatoms. The zero-order chi connectivity index (χ0) is 22.8. The van der Waals surface area contributed by atoms with Gasteiger partial charge in [-0.25, -0.2) is 13.3 Å². The Morgan fingerprint density at radius 3 is 2.78 bits per heavy atom. The van der Waals surface area contributed by atoms with Crippen molar-refractivity contribution in [2.24, 2.45) is 4.99 Å². The van der Waals surface area contributed by atoms with Gasteiger partial charge in [-0.1, -0.05) is 0 Å². The normalized spacial score (nSPS) is 19.3. The van der Waals surface area contributed by atoms with E-state index in [4.69, 9.17) is 5.73 Å². The van der Waals surface area contributed by atoms with Crippen LogP contribution in [0.25, 0.3) is 16.8 Å². The van der Waals surface area contributed by atoms with Gasteiger partial charge in [-0.3, -0.25) is 14.9 Å². The molecule has 1 saturated heterocycles. The van der Waals surface area contributed by atoms with Crippen molar-refractivity contribution in [1.29, 1.82) is 0 Å². The van der Waals surface area contributed by atoms with Crippen LogP contribution in [-0.4, -0.2) is 68.7 Å². The molecule has 0 radical (unpaired) electrons. The number of aromatic nitrogens is 4. The van der Waals surface area contributed by atoms with Crippen LogP contribution in [0.1, 0.15) is 26.0 Å². The first kappa shape index (κ1) is 22.1. The van der Waals surface area contributed by atoms with Crippen LogP contribution in [0, 0.1) is 6.92 Å². The van der Waals surface area contributed by atoms with Gasteiger partial charge in [0.2, 0.25) is 5.95 Å². The number of nitrogen functional groups attached to an aromatic ring is 1. The van der Waals surface area contributed by atoms with Crippen LogP contribution in [0.3, 0.4) is 0 Å². The van der Waals surface area contributed by atoms with Crippen molar-refractivity contribution in [3.63, 3.8) is 0 Å². The van der Waals surface area contributed by atoms with Crippen molar-refractivity contribution in [3.8, 4) is 11.3 Å². The highest BCUT2D eigenvalue weighted by Crippen LogP contribution is 2.30. The smallest absolute Gasteiger partial charge is 0.243 e. The summed E-state index contributed by atoms with van der Waals surface area (Å²) in [6, 6.07) is 5.26. The molecular formula is C22H28F2N8. The van der Waals surface area contributed by atoms with E-state index in [1.165, 1.54) is 0 Å². The van der Waals surface area contributed by atoms with E-state index in [0.717, 1.165) is 28.4 Å². The summed E-state index contributed by atoms with van der Waals surface area (Å²) < 4.78 is 28.7. The number of anilines is 2. The number of likely N-dealkylation sites (tertiary alicyclic amines) is 1. The summed E-state index contributed by atoms with van der Waals surface area (Å²) in [5.41, 5.74) is 11.1. The van der Waals surface area contributed by atoms with Gasteiger partial charge in [0.15, 0.2) is 5.82 Å². The quantitative estimate of drug-likeness (QED) is 0.567. The number of piperidine rings is 1. The Balaban J connectivity index is 1.58. The summed E-state index contributed by atoms with van der Waals surface area (Å²) in [6.07, 6.45) is 1.18. The Morgan fingerprint density at radius 1 is 1.28 bits per heavy atom. The van der Waals surface area contributed by atoms with Gasteiger partial charge in [0.1, 0.15) is 18.4 Å². The van der Waals surface area contributed by atoms with E-state index < -0.39 is 18.9 Å². The molecule has 32 heavy (non-hydrogen) atoms. The van der Waals surface area contributed by atoms with Crippen molar-refractivity contribution < 1.29 is 8.78 Å². The maximum Gasteiger partial charge on any atom is 0.243 e. The number of nitrogens with two attached hydrogens (primary N) is 1. The third-order valence-electron chi connectivity index (χ3n) is 5.56. The summed E-state index contributed by atoms with van der Waals surface area (Å²) >= 11 is 0. The number of alkyl halides is 2. The predicted molar refractivity (Wildman–Crippen MR) is 123 cm³/mol. The average molecular weight is 443 g/mol. The molecule has 2 atom stereocenters. The fraction of sp³-hybridized carbons (Fsp3) is 0.455. The summed E-state index contributed by atoms with van der Waals surface area (Å²) in [5.74, 6) is 0.537. The van der Waals surface area contributed by atoms with Crippen molar-refractivity contribution in [2.75, 3.05) is 37.4 Å². The lowest BCUT2D eigenvalue weighted by Gasteiger charge is -2.34. The Kier molecular flexibility index (Phi) is 6.31. The molecule has 0 saturated carbocycles. The maximum absolute atomic E-state index is 14.6. The van der Waals surface area contributed by atoms with E-state index in [2.05, 4.69) is 25.4 Å². The first-order valence-electron chi connectivity index (χ1n) is 10.7. The Morgan fingerprint density at radius 2 is 2.09 bits per heavy atom. The second kappa shape index (κ2) is 9.15. The number of rotatable bonds is 6. The molecule has 0 bridgehead atoms. The van der Waals surface area contributed by atoms with E-state index in [9.17, 15) is 8.78 Å². The van der Waals surface area contributed by atoms with Crippen molar-refractivity contribution in [1.82, 2.24) is 24.5 Å². The first-order chi connectivity index (χ1) is 15.4. The molecule has 0 amide bonds. The number of aliphatic imine (C=N–C) groups is 1. The largest absolute Gasteiger partial charge is 0.382 e. The number of nitrogens with one attached hydrogen (secondary N) is 1. The zero-order valence-electron chi connectivity index (χ0n) is 18.5. The number of hydrogen-bond acceptors (Lipinski definition) is 7. The summed E-state index contributed by atoms with van der Waals surface area (Å²) in [6.45, 7) is 6.39. The van der Waals surface area contributed by atoms with Crippen molar-refractivity contribution in [3.05, 3.63) is 30.1 Å². The molecule has 3 aromatic rings. The van der Waals surface area contributed by atoms with Gasteiger partial charge in [0.05, 0.1) is 23.1 Å². The van der Waals surface area contributed by atoms with Crippen LogP contribution in [0.2, 0.25) is 0 Å². The molecule has 1 aliphatic heterocycles. The molecule has 4 heterocycles. The molecule has 4 rings (SSSR count). The SMILES string of the molecule is CC(C)=Nc1ccc(-c2ccn3nc(NC4CCN(CCF)CC4F)nc(N)c23)nc1C. The number of fused-ring (bicyclic) bond motifs is 1. The number of nitrogens with zero attached hydrogens (tertiary/aromatic N) is 6. The number of hydrogen-bond donors (Lipinski definition) is 2. The molecular weight excluding hydrogens is 414 g/mol. The van der Waals surface area contributed by atoms with Gasteiger partial charge in [-0.05, 0) is 45.4 Å². The minimum atomic E-state index is -1.14. The second-order valence-electron chi connectivity index (χ2n) is 8.25. The molecule has 3 aromatic heterocycles. The van der Waals surface area contributed by atoms with Gasteiger partial charge >= 0.3 is 0 Å². The van der Waals surface area contributed by atoms with Gasteiger partial charge in [-0.2, -0.15) is 4.98 Å². The molecule has 3 N–H and O–H groups in total. The van der Waals surface area contributed by atoms with E-state index in [1.807, 2.05) is 39.0 Å². The fourth-order valence-corrected chi connectivity index (χ4v) is 4.00. The van der Waals surface area contributed by atoms with Crippen LogP contribution in [0.5, 0.6) is 0 Å². The summed E-state index contributed by atoms with van der Waals surface area (Å²) in [5, 5.41) is 7.53. The molecule has 0 aliphatic carbocycles. The Labute approximate surface area is 185 Å². The monoisotopic (exact) mass is 442 g/mol. The summed E-state index contributed by atoms with van der Waals surface area (Å²) in [7, 11) is 0. The lowest BCUT2D eigenvalue weighted by Crippen LogP contribution is -2.48. The molecule has 0 spiro atoms. The lowest BCUT2D eigenvalue weighted by molar-refractivity contribution is 0.120. The van der Waals surface area contributed by atoms with Gasteiger partial charge in [0.25, 0.3) is 0 Å². The Hall–Kier alpha value is -3.14. The maximum atomic E-state index is 14.6. The molecule has 2 unspecified atom stereocenters. The zero-order valence-corrected chi connectivity index (χ0v) is 18.5. The molecule has 1 aliphatic rings. The minimum absolute atomic E-state index is 0.190. The molecule has 1 fully saturated rings.